The molecule has 43 heavy (non-hydrogen) atoms. The Kier molecular flexibility index (Phi) is 8.78. The van der Waals surface area contributed by atoms with Gasteiger partial charge < -0.3 is 14.2 Å². The number of ether oxygens (including phenoxy) is 3. The average Bonchev–Trinajstić information content (AvgIpc) is 3.34. The number of nitrogens with zero attached hydrogens (tertiary/aromatic N) is 3. The first-order chi connectivity index (χ1) is 20.8. The maximum absolute atomic E-state index is 14.1. The van der Waals surface area contributed by atoms with Gasteiger partial charge in [-0.2, -0.15) is 0 Å². The summed E-state index contributed by atoms with van der Waals surface area (Å²) in [6.45, 7) is 1.85. The molecule has 12 heteroatoms. The summed E-state index contributed by atoms with van der Waals surface area (Å²) in [5.74, 6) is -0.128. The average molecular weight is 618 g/mol. The number of thiazole rings is 1. The lowest BCUT2D eigenvalue weighted by Gasteiger charge is -2.26. The van der Waals surface area contributed by atoms with E-state index in [1.165, 1.54) is 37.0 Å². The van der Waals surface area contributed by atoms with Crippen LogP contribution in [0.1, 0.15) is 29.7 Å². The van der Waals surface area contributed by atoms with Crippen LogP contribution in [0.2, 0.25) is 0 Å². The number of carbonyl (C=O) groups excluding carboxylic acids is 1. The number of thioether (sulfide) groups is 1. The molecule has 2 heterocycles. The van der Waals surface area contributed by atoms with Crippen LogP contribution in [0.15, 0.2) is 87.0 Å². The second kappa shape index (κ2) is 12.7. The minimum atomic E-state index is -0.857. The first-order valence-electron chi connectivity index (χ1n) is 13.1. The van der Waals surface area contributed by atoms with E-state index in [2.05, 4.69) is 0 Å². The predicted octanol–water partition coefficient (Wildman–Crippen LogP) is 4.58. The number of rotatable bonds is 9. The number of esters is 1. The molecule has 0 radical (unpaired) electrons. The molecule has 10 nitrogen and oxygen atoms in total. The SMILES string of the molecule is CCOC(=O)C1=C(c2ccccc2)N=c2s/c(=C\c3cc(OC)c(OC)cc3[N+](=O)[O-])c(=O)n2[C@H]1c1ccc(SC)cc1. The maximum Gasteiger partial charge on any atom is 0.338 e. The highest BCUT2D eigenvalue weighted by atomic mass is 32.2. The monoisotopic (exact) mass is 617 g/mol. The summed E-state index contributed by atoms with van der Waals surface area (Å²) in [5.41, 5.74) is 1.43. The van der Waals surface area contributed by atoms with Crippen LogP contribution >= 0.6 is 23.1 Å². The van der Waals surface area contributed by atoms with E-state index in [4.69, 9.17) is 19.2 Å². The number of hydrogen-bond donors (Lipinski definition) is 0. The maximum atomic E-state index is 14.1. The van der Waals surface area contributed by atoms with Gasteiger partial charge in [0.15, 0.2) is 16.3 Å². The van der Waals surface area contributed by atoms with Gasteiger partial charge in [0.1, 0.15) is 0 Å². The topological polar surface area (TPSA) is 122 Å². The molecule has 0 amide bonds. The molecule has 1 aliphatic rings. The number of fused-ring (bicyclic) bond motifs is 1. The van der Waals surface area contributed by atoms with E-state index in [9.17, 15) is 19.7 Å². The summed E-state index contributed by atoms with van der Waals surface area (Å²) >= 11 is 2.65. The second-order valence-corrected chi connectivity index (χ2v) is 11.1. The molecular weight excluding hydrogens is 590 g/mol. The van der Waals surface area contributed by atoms with Crippen molar-refractivity contribution in [1.29, 1.82) is 0 Å². The number of methoxy groups -OCH3 is 2. The molecule has 1 aliphatic heterocycles. The Hall–Kier alpha value is -4.68. The van der Waals surface area contributed by atoms with Crippen molar-refractivity contribution >= 4 is 46.5 Å². The normalized spacial score (nSPS) is 14.6. The number of aromatic nitrogens is 1. The van der Waals surface area contributed by atoms with Crippen molar-refractivity contribution in [3.63, 3.8) is 0 Å². The van der Waals surface area contributed by atoms with Crippen LogP contribution in [0.4, 0.5) is 5.69 Å². The molecule has 1 atom stereocenters. The molecule has 0 spiro atoms. The molecule has 0 fully saturated rings. The summed E-state index contributed by atoms with van der Waals surface area (Å²) in [6.07, 6.45) is 3.40. The first-order valence-corrected chi connectivity index (χ1v) is 15.2. The Bertz CT molecular complexity index is 1910. The van der Waals surface area contributed by atoms with Crippen LogP contribution in [0.3, 0.4) is 0 Å². The van der Waals surface area contributed by atoms with Gasteiger partial charge in [0, 0.05) is 10.5 Å². The molecule has 1 aromatic heterocycles. The highest BCUT2D eigenvalue weighted by Gasteiger charge is 2.35. The van der Waals surface area contributed by atoms with E-state index < -0.39 is 22.5 Å². The zero-order chi connectivity index (χ0) is 30.7. The lowest BCUT2D eigenvalue weighted by molar-refractivity contribution is -0.385. The molecule has 0 unspecified atom stereocenters. The molecule has 5 rings (SSSR count). The van der Waals surface area contributed by atoms with Gasteiger partial charge in [0.05, 0.1) is 59.2 Å². The van der Waals surface area contributed by atoms with E-state index in [-0.39, 0.29) is 39.5 Å². The Labute approximate surface area is 254 Å². The molecule has 0 aliphatic carbocycles. The number of hydrogen-bond acceptors (Lipinski definition) is 10. The molecule has 3 aromatic carbocycles. The van der Waals surface area contributed by atoms with Gasteiger partial charge >= 0.3 is 5.97 Å². The third-order valence-corrected chi connectivity index (χ3v) is 8.55. The van der Waals surface area contributed by atoms with Crippen LogP contribution in [0.25, 0.3) is 11.8 Å². The van der Waals surface area contributed by atoms with Gasteiger partial charge in [0.25, 0.3) is 11.2 Å². The largest absolute Gasteiger partial charge is 0.493 e. The van der Waals surface area contributed by atoms with E-state index in [0.717, 1.165) is 16.2 Å². The number of benzene rings is 3. The second-order valence-electron chi connectivity index (χ2n) is 9.23. The van der Waals surface area contributed by atoms with Gasteiger partial charge in [-0.25, -0.2) is 9.79 Å². The van der Waals surface area contributed by atoms with Crippen molar-refractivity contribution in [2.24, 2.45) is 4.99 Å². The minimum Gasteiger partial charge on any atom is -0.493 e. The van der Waals surface area contributed by atoms with E-state index in [1.54, 1.807) is 18.7 Å². The standard InChI is InChI=1S/C31H27N3O7S2/c1-5-41-30(36)26-27(18-9-7-6-8-10-18)32-31-33(28(26)19-11-13-21(42-4)14-12-19)29(35)25(43-31)16-20-15-23(39-2)24(40-3)17-22(20)34(37)38/h6-17,28H,5H2,1-4H3/b25-16-/t28-/m0/s1. The highest BCUT2D eigenvalue weighted by molar-refractivity contribution is 7.98. The van der Waals surface area contributed by atoms with Crippen molar-refractivity contribution in [2.75, 3.05) is 27.1 Å². The summed E-state index contributed by atoms with van der Waals surface area (Å²) in [4.78, 5) is 45.3. The fourth-order valence-electron chi connectivity index (χ4n) is 4.84. The Morgan fingerprint density at radius 2 is 1.77 bits per heavy atom. The summed E-state index contributed by atoms with van der Waals surface area (Å²) in [7, 11) is 2.81. The molecule has 0 N–H and O–H groups in total. The lowest BCUT2D eigenvalue weighted by Crippen LogP contribution is -2.40. The third-order valence-electron chi connectivity index (χ3n) is 6.82. The Morgan fingerprint density at radius 1 is 1.09 bits per heavy atom. The highest BCUT2D eigenvalue weighted by Crippen LogP contribution is 2.37. The van der Waals surface area contributed by atoms with Crippen molar-refractivity contribution in [1.82, 2.24) is 4.57 Å². The summed E-state index contributed by atoms with van der Waals surface area (Å²) in [6, 6.07) is 18.7. The van der Waals surface area contributed by atoms with Gasteiger partial charge in [0.2, 0.25) is 0 Å². The summed E-state index contributed by atoms with van der Waals surface area (Å²) < 4.78 is 17.7. The number of nitro benzene ring substituents is 1. The van der Waals surface area contributed by atoms with Crippen LogP contribution in [0, 0.1) is 10.1 Å². The quantitative estimate of drug-likeness (QED) is 0.116. The van der Waals surface area contributed by atoms with Gasteiger partial charge in [-0.1, -0.05) is 53.8 Å². The van der Waals surface area contributed by atoms with Crippen LogP contribution in [-0.4, -0.2) is 42.5 Å². The molecular formula is C31H27N3O7S2. The molecule has 0 saturated heterocycles. The minimum absolute atomic E-state index is 0.135. The fraction of sp³-hybridized carbons (Fsp3) is 0.194. The van der Waals surface area contributed by atoms with Gasteiger partial charge in [-0.3, -0.25) is 19.5 Å². The van der Waals surface area contributed by atoms with Crippen molar-refractivity contribution in [3.8, 4) is 11.5 Å². The van der Waals surface area contributed by atoms with E-state index >= 15 is 0 Å². The molecule has 0 saturated carbocycles. The van der Waals surface area contributed by atoms with Crippen LogP contribution in [-0.2, 0) is 9.53 Å². The number of nitro groups is 1. The van der Waals surface area contributed by atoms with Gasteiger partial charge in [-0.15, -0.1) is 11.8 Å². The van der Waals surface area contributed by atoms with Crippen LogP contribution < -0.4 is 24.4 Å². The van der Waals surface area contributed by atoms with Gasteiger partial charge in [-0.05, 0) is 43.0 Å². The summed E-state index contributed by atoms with van der Waals surface area (Å²) in [5, 5.41) is 12.0. The van der Waals surface area contributed by atoms with Crippen LogP contribution in [0.5, 0.6) is 11.5 Å². The lowest BCUT2D eigenvalue weighted by atomic mass is 9.93. The number of carbonyl (C=O) groups is 1. The van der Waals surface area contributed by atoms with E-state index in [1.807, 2.05) is 60.9 Å². The zero-order valence-electron chi connectivity index (χ0n) is 23.7. The molecule has 220 valence electrons. The van der Waals surface area contributed by atoms with Crippen molar-refractivity contribution in [3.05, 3.63) is 119 Å². The van der Waals surface area contributed by atoms with Crippen molar-refractivity contribution < 1.29 is 23.9 Å². The molecule has 4 aromatic rings. The molecule has 0 bridgehead atoms. The zero-order valence-corrected chi connectivity index (χ0v) is 25.4. The fourth-order valence-corrected chi connectivity index (χ4v) is 6.24. The Balaban J connectivity index is 1.83. The van der Waals surface area contributed by atoms with Crippen molar-refractivity contribution in [2.45, 2.75) is 17.9 Å². The Morgan fingerprint density at radius 3 is 2.37 bits per heavy atom. The van der Waals surface area contributed by atoms with E-state index in [0.29, 0.717) is 21.6 Å². The third kappa shape index (κ3) is 5.71. The first kappa shape index (κ1) is 29.8. The smallest absolute Gasteiger partial charge is 0.338 e. The predicted molar refractivity (Wildman–Crippen MR) is 165 cm³/mol.